The van der Waals surface area contributed by atoms with E-state index >= 15 is 0 Å². The standard InChI is InChI=1S/C19H15BrF3N3O/c20-10-5-13(19(27)25-11-7-15(21)18(23)16(22)8-11)14-9-24-26(17(14)6-10)12-3-1-2-4-12/h5-9,12H,1-4H2,(H,25,27). The van der Waals surface area contributed by atoms with Crippen LogP contribution in [0.3, 0.4) is 0 Å². The van der Waals surface area contributed by atoms with E-state index in [4.69, 9.17) is 0 Å². The lowest BCUT2D eigenvalue weighted by atomic mass is 10.1. The van der Waals surface area contributed by atoms with Gasteiger partial charge in [-0.05, 0) is 25.0 Å². The molecule has 0 bridgehead atoms. The Labute approximate surface area is 161 Å². The Balaban J connectivity index is 1.71. The number of aromatic nitrogens is 2. The highest BCUT2D eigenvalue weighted by Crippen LogP contribution is 2.34. The van der Waals surface area contributed by atoms with Crippen LogP contribution in [0.15, 0.2) is 34.9 Å². The number of hydrogen-bond donors (Lipinski definition) is 1. The first-order chi connectivity index (χ1) is 12.9. The molecule has 0 radical (unpaired) electrons. The number of carbonyl (C=O) groups is 1. The molecule has 0 atom stereocenters. The Hall–Kier alpha value is -2.35. The van der Waals surface area contributed by atoms with Crippen molar-refractivity contribution >= 4 is 38.4 Å². The van der Waals surface area contributed by atoms with Crippen LogP contribution < -0.4 is 5.32 Å². The van der Waals surface area contributed by atoms with Gasteiger partial charge in [0.1, 0.15) is 0 Å². The van der Waals surface area contributed by atoms with Crippen LogP contribution in [-0.2, 0) is 0 Å². The molecule has 1 heterocycles. The van der Waals surface area contributed by atoms with Crippen LogP contribution >= 0.6 is 15.9 Å². The highest BCUT2D eigenvalue weighted by molar-refractivity contribution is 9.10. The summed E-state index contributed by atoms with van der Waals surface area (Å²) >= 11 is 3.41. The molecule has 1 saturated carbocycles. The van der Waals surface area contributed by atoms with E-state index in [1.165, 1.54) is 0 Å². The smallest absolute Gasteiger partial charge is 0.256 e. The van der Waals surface area contributed by atoms with Crippen molar-refractivity contribution in [3.63, 3.8) is 0 Å². The molecule has 1 aliphatic rings. The predicted octanol–water partition coefficient (Wildman–Crippen LogP) is 5.58. The lowest BCUT2D eigenvalue weighted by Gasteiger charge is -2.12. The fourth-order valence-electron chi connectivity index (χ4n) is 3.56. The topological polar surface area (TPSA) is 46.9 Å². The third kappa shape index (κ3) is 3.34. The van der Waals surface area contributed by atoms with Gasteiger partial charge < -0.3 is 5.32 Å². The van der Waals surface area contributed by atoms with Crippen LogP contribution in [-0.4, -0.2) is 15.7 Å². The summed E-state index contributed by atoms with van der Waals surface area (Å²) in [5.74, 6) is -4.86. The molecule has 3 aromatic rings. The summed E-state index contributed by atoms with van der Waals surface area (Å²) in [6, 6.07) is 5.30. The van der Waals surface area contributed by atoms with Gasteiger partial charge in [-0.15, -0.1) is 0 Å². The molecule has 1 amide bonds. The normalized spacial score (nSPS) is 14.8. The monoisotopic (exact) mass is 437 g/mol. The molecule has 27 heavy (non-hydrogen) atoms. The molecule has 4 nitrogen and oxygen atoms in total. The molecule has 1 N–H and O–H groups in total. The second-order valence-electron chi connectivity index (χ2n) is 6.62. The van der Waals surface area contributed by atoms with Crippen LogP contribution in [0.2, 0.25) is 0 Å². The SMILES string of the molecule is O=C(Nc1cc(F)c(F)c(F)c1)c1cc(Br)cc2c1cnn2C1CCCC1. The Kier molecular flexibility index (Phi) is 4.67. The molecular weight excluding hydrogens is 423 g/mol. The third-order valence-electron chi connectivity index (χ3n) is 4.84. The van der Waals surface area contributed by atoms with Crippen molar-refractivity contribution in [3.05, 3.63) is 58.0 Å². The number of amides is 1. The number of rotatable bonds is 3. The molecule has 0 spiro atoms. The summed E-state index contributed by atoms with van der Waals surface area (Å²) in [4.78, 5) is 12.7. The highest BCUT2D eigenvalue weighted by atomic mass is 79.9. The lowest BCUT2D eigenvalue weighted by Crippen LogP contribution is -2.13. The van der Waals surface area contributed by atoms with Crippen LogP contribution in [0.1, 0.15) is 42.1 Å². The van der Waals surface area contributed by atoms with E-state index < -0.39 is 23.4 Å². The first kappa shape index (κ1) is 18.0. The summed E-state index contributed by atoms with van der Waals surface area (Å²) in [5, 5.41) is 7.52. The number of nitrogens with one attached hydrogen (secondary N) is 1. The van der Waals surface area contributed by atoms with Gasteiger partial charge in [-0.1, -0.05) is 28.8 Å². The minimum absolute atomic E-state index is 0.160. The van der Waals surface area contributed by atoms with E-state index in [1.807, 2.05) is 10.7 Å². The summed E-state index contributed by atoms with van der Waals surface area (Å²) in [6.45, 7) is 0. The summed E-state index contributed by atoms with van der Waals surface area (Å²) in [6.07, 6.45) is 6.00. The minimum atomic E-state index is -1.57. The second kappa shape index (κ2) is 6.99. The summed E-state index contributed by atoms with van der Waals surface area (Å²) < 4.78 is 42.5. The largest absolute Gasteiger partial charge is 0.322 e. The minimum Gasteiger partial charge on any atom is -0.322 e. The van der Waals surface area contributed by atoms with Crippen molar-refractivity contribution in [3.8, 4) is 0 Å². The molecule has 1 aliphatic carbocycles. The van der Waals surface area contributed by atoms with Crippen molar-refractivity contribution in [2.24, 2.45) is 0 Å². The van der Waals surface area contributed by atoms with E-state index in [1.54, 1.807) is 12.3 Å². The number of benzene rings is 2. The lowest BCUT2D eigenvalue weighted by molar-refractivity contribution is 0.102. The molecule has 0 aliphatic heterocycles. The van der Waals surface area contributed by atoms with Crippen molar-refractivity contribution in [1.82, 2.24) is 9.78 Å². The van der Waals surface area contributed by atoms with E-state index in [-0.39, 0.29) is 5.69 Å². The van der Waals surface area contributed by atoms with Gasteiger partial charge in [-0.25, -0.2) is 13.2 Å². The van der Waals surface area contributed by atoms with Crippen molar-refractivity contribution in [1.29, 1.82) is 0 Å². The van der Waals surface area contributed by atoms with Crippen LogP contribution in [0.4, 0.5) is 18.9 Å². The van der Waals surface area contributed by atoms with Crippen LogP contribution in [0, 0.1) is 17.5 Å². The number of carbonyl (C=O) groups excluding carboxylic acids is 1. The van der Waals surface area contributed by atoms with Gasteiger partial charge >= 0.3 is 0 Å². The Bertz CT molecular complexity index is 1020. The maximum Gasteiger partial charge on any atom is 0.256 e. The van der Waals surface area contributed by atoms with Gasteiger partial charge in [0, 0.05) is 27.7 Å². The first-order valence-electron chi connectivity index (χ1n) is 8.56. The Morgan fingerprint density at radius 1 is 1.11 bits per heavy atom. The number of nitrogens with zero attached hydrogens (tertiary/aromatic N) is 2. The third-order valence-corrected chi connectivity index (χ3v) is 5.30. The molecule has 1 aromatic heterocycles. The van der Waals surface area contributed by atoms with Crippen molar-refractivity contribution < 1.29 is 18.0 Å². The first-order valence-corrected chi connectivity index (χ1v) is 9.36. The van der Waals surface area contributed by atoms with Crippen LogP contribution in [0.25, 0.3) is 10.9 Å². The number of fused-ring (bicyclic) bond motifs is 1. The zero-order valence-corrected chi connectivity index (χ0v) is 15.7. The maximum absolute atomic E-state index is 13.4. The quantitative estimate of drug-likeness (QED) is 0.543. The zero-order valence-electron chi connectivity index (χ0n) is 14.1. The fourth-order valence-corrected chi connectivity index (χ4v) is 4.01. The summed E-state index contributed by atoms with van der Waals surface area (Å²) in [5.41, 5.74) is 0.972. The maximum atomic E-state index is 13.4. The zero-order chi connectivity index (χ0) is 19.1. The average molecular weight is 438 g/mol. The van der Waals surface area contributed by atoms with Gasteiger partial charge in [0.25, 0.3) is 5.91 Å². The van der Waals surface area contributed by atoms with E-state index in [2.05, 4.69) is 26.3 Å². The molecule has 4 rings (SSSR count). The molecule has 0 unspecified atom stereocenters. The van der Waals surface area contributed by atoms with Gasteiger partial charge in [0.05, 0.1) is 23.3 Å². The van der Waals surface area contributed by atoms with E-state index in [9.17, 15) is 18.0 Å². The van der Waals surface area contributed by atoms with Gasteiger partial charge in [0.2, 0.25) is 0 Å². The molecule has 1 fully saturated rings. The molecule has 140 valence electrons. The molecule has 8 heteroatoms. The Morgan fingerprint density at radius 2 is 1.78 bits per heavy atom. The highest BCUT2D eigenvalue weighted by Gasteiger charge is 2.22. The van der Waals surface area contributed by atoms with Gasteiger partial charge in [0.15, 0.2) is 17.5 Å². The summed E-state index contributed by atoms with van der Waals surface area (Å²) in [7, 11) is 0. The van der Waals surface area contributed by atoms with E-state index in [0.717, 1.165) is 43.3 Å². The fraction of sp³-hybridized carbons (Fsp3) is 0.263. The van der Waals surface area contributed by atoms with Crippen LogP contribution in [0.5, 0.6) is 0 Å². The molecular formula is C19H15BrF3N3O. The molecule has 0 saturated heterocycles. The number of anilines is 1. The molecule has 2 aromatic carbocycles. The van der Waals surface area contributed by atoms with Crippen molar-refractivity contribution in [2.75, 3.05) is 5.32 Å². The van der Waals surface area contributed by atoms with E-state index in [0.29, 0.717) is 21.5 Å². The van der Waals surface area contributed by atoms with Crippen molar-refractivity contribution in [2.45, 2.75) is 31.7 Å². The Morgan fingerprint density at radius 3 is 2.44 bits per heavy atom. The second-order valence-corrected chi connectivity index (χ2v) is 7.54. The predicted molar refractivity (Wildman–Crippen MR) is 99.2 cm³/mol. The average Bonchev–Trinajstić information content (AvgIpc) is 3.27. The number of hydrogen-bond acceptors (Lipinski definition) is 2. The number of halogens is 4. The van der Waals surface area contributed by atoms with Gasteiger partial charge in [-0.2, -0.15) is 5.10 Å². The van der Waals surface area contributed by atoms with Gasteiger partial charge in [-0.3, -0.25) is 9.48 Å².